The fourth-order valence-corrected chi connectivity index (χ4v) is 2.17. The summed E-state index contributed by atoms with van der Waals surface area (Å²) in [6, 6.07) is 14.5. The van der Waals surface area contributed by atoms with Crippen LogP contribution in [0, 0.1) is 5.82 Å². The zero-order valence-electron chi connectivity index (χ0n) is 13.8. The first-order valence-corrected chi connectivity index (χ1v) is 7.71. The van der Waals surface area contributed by atoms with E-state index in [0.29, 0.717) is 5.56 Å². The highest BCUT2D eigenvalue weighted by molar-refractivity contribution is 5.80. The van der Waals surface area contributed by atoms with Crippen molar-refractivity contribution in [2.75, 3.05) is 11.9 Å². The number of hydrogen-bond acceptors (Lipinski definition) is 2. The van der Waals surface area contributed by atoms with E-state index in [1.54, 1.807) is 18.2 Å². The Morgan fingerprint density at radius 2 is 1.70 bits per heavy atom. The molecule has 0 aliphatic rings. The van der Waals surface area contributed by atoms with Crippen molar-refractivity contribution in [2.24, 2.45) is 0 Å². The van der Waals surface area contributed by atoms with Crippen LogP contribution in [-0.4, -0.2) is 12.5 Å². The lowest BCUT2D eigenvalue weighted by Crippen LogP contribution is -2.29. The minimum absolute atomic E-state index is 0.107. The van der Waals surface area contributed by atoms with Crippen LogP contribution in [0.1, 0.15) is 31.9 Å². The van der Waals surface area contributed by atoms with Gasteiger partial charge in [-0.05, 0) is 29.2 Å². The standard InChI is InChI=1S/C19H23FN2O/c1-19(2,3)15-8-10-16(11-9-15)21-13-18(23)22-12-14-6-4-5-7-17(14)20/h4-11,21H,12-13H2,1-3H3,(H,22,23). The van der Waals surface area contributed by atoms with Crippen LogP contribution in [0.5, 0.6) is 0 Å². The van der Waals surface area contributed by atoms with Crippen LogP contribution in [0.25, 0.3) is 0 Å². The van der Waals surface area contributed by atoms with Crippen molar-refractivity contribution in [2.45, 2.75) is 32.7 Å². The summed E-state index contributed by atoms with van der Waals surface area (Å²) in [6.07, 6.45) is 0. The molecule has 2 aromatic rings. The highest BCUT2D eigenvalue weighted by atomic mass is 19.1. The molecule has 0 bridgehead atoms. The quantitative estimate of drug-likeness (QED) is 0.880. The minimum atomic E-state index is -0.307. The summed E-state index contributed by atoms with van der Waals surface area (Å²) in [4.78, 5) is 11.8. The summed E-state index contributed by atoms with van der Waals surface area (Å²) in [5, 5.41) is 5.77. The lowest BCUT2D eigenvalue weighted by atomic mass is 9.87. The second-order valence-corrected chi connectivity index (χ2v) is 6.55. The van der Waals surface area contributed by atoms with Gasteiger partial charge in [-0.2, -0.15) is 0 Å². The molecule has 0 unspecified atom stereocenters. The van der Waals surface area contributed by atoms with Gasteiger partial charge in [0.15, 0.2) is 0 Å². The van der Waals surface area contributed by atoms with E-state index in [1.807, 2.05) is 12.1 Å². The molecule has 0 saturated carbocycles. The molecule has 3 nitrogen and oxygen atoms in total. The second-order valence-electron chi connectivity index (χ2n) is 6.55. The van der Waals surface area contributed by atoms with E-state index in [1.165, 1.54) is 11.6 Å². The largest absolute Gasteiger partial charge is 0.376 e. The maximum absolute atomic E-state index is 13.5. The normalized spacial score (nSPS) is 11.1. The molecular formula is C19H23FN2O. The van der Waals surface area contributed by atoms with Gasteiger partial charge in [-0.3, -0.25) is 4.79 Å². The Labute approximate surface area is 136 Å². The molecule has 23 heavy (non-hydrogen) atoms. The Bertz CT molecular complexity index is 660. The third-order valence-corrected chi connectivity index (χ3v) is 3.64. The maximum atomic E-state index is 13.5. The summed E-state index contributed by atoms with van der Waals surface area (Å²) in [5.41, 5.74) is 2.72. The van der Waals surface area contributed by atoms with E-state index < -0.39 is 0 Å². The number of nitrogens with one attached hydrogen (secondary N) is 2. The van der Waals surface area contributed by atoms with Crippen molar-refractivity contribution in [1.29, 1.82) is 0 Å². The van der Waals surface area contributed by atoms with Crippen molar-refractivity contribution in [3.05, 3.63) is 65.5 Å². The van der Waals surface area contributed by atoms with Crippen molar-refractivity contribution in [3.63, 3.8) is 0 Å². The van der Waals surface area contributed by atoms with Crippen molar-refractivity contribution in [3.8, 4) is 0 Å². The second kappa shape index (κ2) is 7.27. The summed E-state index contributed by atoms with van der Waals surface area (Å²) >= 11 is 0. The molecule has 0 saturated heterocycles. The summed E-state index contributed by atoms with van der Waals surface area (Å²) in [5.74, 6) is -0.480. The van der Waals surface area contributed by atoms with E-state index in [4.69, 9.17) is 0 Å². The molecule has 0 atom stereocenters. The molecule has 0 fully saturated rings. The number of amides is 1. The van der Waals surface area contributed by atoms with Gasteiger partial charge in [0, 0.05) is 17.8 Å². The molecule has 0 aromatic heterocycles. The van der Waals surface area contributed by atoms with Gasteiger partial charge in [0.05, 0.1) is 6.54 Å². The zero-order valence-corrected chi connectivity index (χ0v) is 13.8. The molecule has 4 heteroatoms. The van der Waals surface area contributed by atoms with E-state index in [0.717, 1.165) is 5.69 Å². The van der Waals surface area contributed by atoms with Crippen LogP contribution in [0.15, 0.2) is 48.5 Å². The Hall–Kier alpha value is -2.36. The van der Waals surface area contributed by atoms with E-state index >= 15 is 0 Å². The Morgan fingerprint density at radius 1 is 1.04 bits per heavy atom. The van der Waals surface area contributed by atoms with Crippen LogP contribution in [-0.2, 0) is 16.8 Å². The van der Waals surface area contributed by atoms with Crippen LogP contribution < -0.4 is 10.6 Å². The molecular weight excluding hydrogens is 291 g/mol. The van der Waals surface area contributed by atoms with Gasteiger partial charge in [0.2, 0.25) is 5.91 Å². The number of carbonyl (C=O) groups excluding carboxylic acids is 1. The van der Waals surface area contributed by atoms with Crippen molar-refractivity contribution < 1.29 is 9.18 Å². The first-order chi connectivity index (χ1) is 10.9. The van der Waals surface area contributed by atoms with Crippen LogP contribution >= 0.6 is 0 Å². The highest BCUT2D eigenvalue weighted by Gasteiger charge is 2.12. The lowest BCUT2D eigenvalue weighted by molar-refractivity contribution is -0.119. The van der Waals surface area contributed by atoms with E-state index in [2.05, 4.69) is 43.5 Å². The predicted octanol–water partition coefficient (Wildman–Crippen LogP) is 3.85. The van der Waals surface area contributed by atoms with Gasteiger partial charge < -0.3 is 10.6 Å². The first-order valence-electron chi connectivity index (χ1n) is 7.71. The zero-order chi connectivity index (χ0) is 16.9. The topological polar surface area (TPSA) is 41.1 Å². The monoisotopic (exact) mass is 314 g/mol. The predicted molar refractivity (Wildman–Crippen MR) is 91.9 cm³/mol. The summed E-state index contributed by atoms with van der Waals surface area (Å²) < 4.78 is 13.5. The van der Waals surface area contributed by atoms with Crippen LogP contribution in [0.2, 0.25) is 0 Å². The summed E-state index contributed by atoms with van der Waals surface area (Å²) in [6.45, 7) is 6.82. The molecule has 0 spiro atoms. The number of halogens is 1. The lowest BCUT2D eigenvalue weighted by Gasteiger charge is -2.19. The third-order valence-electron chi connectivity index (χ3n) is 3.64. The minimum Gasteiger partial charge on any atom is -0.376 e. The number of benzene rings is 2. The molecule has 122 valence electrons. The molecule has 0 radical (unpaired) electrons. The first kappa shape index (κ1) is 17.0. The molecule has 0 aliphatic heterocycles. The number of hydrogen-bond donors (Lipinski definition) is 2. The Kier molecular flexibility index (Phi) is 5.37. The number of rotatable bonds is 5. The van der Waals surface area contributed by atoms with Gasteiger partial charge in [-0.25, -0.2) is 4.39 Å². The van der Waals surface area contributed by atoms with Gasteiger partial charge in [0.1, 0.15) is 5.82 Å². The molecule has 0 aliphatic carbocycles. The SMILES string of the molecule is CC(C)(C)c1ccc(NCC(=O)NCc2ccccc2F)cc1. The van der Waals surface area contributed by atoms with Crippen LogP contribution in [0.4, 0.5) is 10.1 Å². The van der Waals surface area contributed by atoms with Crippen LogP contribution in [0.3, 0.4) is 0 Å². The Balaban J connectivity index is 1.81. The fraction of sp³-hybridized carbons (Fsp3) is 0.316. The molecule has 1 amide bonds. The molecule has 2 rings (SSSR count). The smallest absolute Gasteiger partial charge is 0.239 e. The van der Waals surface area contributed by atoms with Gasteiger partial charge >= 0.3 is 0 Å². The number of anilines is 1. The molecule has 0 heterocycles. The van der Waals surface area contributed by atoms with Gasteiger partial charge in [-0.15, -0.1) is 0 Å². The van der Waals surface area contributed by atoms with Crippen molar-refractivity contribution >= 4 is 11.6 Å². The van der Waals surface area contributed by atoms with E-state index in [-0.39, 0.29) is 30.2 Å². The molecule has 2 N–H and O–H groups in total. The third kappa shape index (κ3) is 5.09. The van der Waals surface area contributed by atoms with E-state index in [9.17, 15) is 9.18 Å². The van der Waals surface area contributed by atoms with Crippen molar-refractivity contribution in [1.82, 2.24) is 5.32 Å². The highest BCUT2D eigenvalue weighted by Crippen LogP contribution is 2.23. The van der Waals surface area contributed by atoms with Gasteiger partial charge in [0.25, 0.3) is 0 Å². The number of carbonyl (C=O) groups is 1. The average molecular weight is 314 g/mol. The fourth-order valence-electron chi connectivity index (χ4n) is 2.17. The Morgan fingerprint density at radius 3 is 2.30 bits per heavy atom. The maximum Gasteiger partial charge on any atom is 0.239 e. The average Bonchev–Trinajstić information content (AvgIpc) is 2.51. The molecule has 2 aromatic carbocycles. The van der Waals surface area contributed by atoms with Gasteiger partial charge in [-0.1, -0.05) is 51.1 Å². The summed E-state index contributed by atoms with van der Waals surface area (Å²) in [7, 11) is 0.